The fourth-order valence-electron chi connectivity index (χ4n) is 5.80. The molecule has 3 aliphatic heterocycles. The quantitative estimate of drug-likeness (QED) is 0.778. The van der Waals surface area contributed by atoms with Gasteiger partial charge in [-0.05, 0) is 62.9 Å². The summed E-state index contributed by atoms with van der Waals surface area (Å²) in [5, 5.41) is 2.93. The van der Waals surface area contributed by atoms with Crippen LogP contribution in [-0.2, 0) is 16.1 Å². The number of hydrogen-bond acceptors (Lipinski definition) is 4. The first kappa shape index (κ1) is 21.8. The zero-order valence-electron chi connectivity index (χ0n) is 18.8. The number of benzene rings is 1. The molecule has 0 unspecified atom stereocenters. The fourth-order valence-corrected chi connectivity index (χ4v) is 5.80. The number of amides is 3. The van der Waals surface area contributed by atoms with E-state index >= 15 is 0 Å². The molecule has 2 bridgehead atoms. The maximum absolute atomic E-state index is 13.4. The second kappa shape index (κ2) is 8.99. The third kappa shape index (κ3) is 4.61. The van der Waals surface area contributed by atoms with Crippen LogP contribution in [0.2, 0.25) is 0 Å². The van der Waals surface area contributed by atoms with Crippen molar-refractivity contribution < 1.29 is 14.4 Å². The fraction of sp³-hybridized carbons (Fsp3) is 0.625. The van der Waals surface area contributed by atoms with Crippen molar-refractivity contribution in [3.8, 4) is 0 Å². The normalized spacial score (nSPS) is 27.8. The van der Waals surface area contributed by atoms with Crippen LogP contribution in [0.4, 0.5) is 0 Å². The number of carbonyl (C=O) groups excluding carboxylic acids is 3. The number of carbonyl (C=O) groups is 3. The third-order valence-corrected chi connectivity index (χ3v) is 7.02. The summed E-state index contributed by atoms with van der Waals surface area (Å²) >= 11 is 0. The van der Waals surface area contributed by atoms with Crippen LogP contribution in [0.5, 0.6) is 0 Å². The first-order chi connectivity index (χ1) is 14.8. The lowest BCUT2D eigenvalue weighted by atomic mass is 9.72. The second-order valence-corrected chi connectivity index (χ2v) is 9.67. The van der Waals surface area contributed by atoms with Gasteiger partial charge in [0.05, 0.1) is 6.04 Å². The van der Waals surface area contributed by atoms with Crippen LogP contribution >= 0.6 is 0 Å². The average Bonchev–Trinajstić information content (AvgIpc) is 2.73. The van der Waals surface area contributed by atoms with Gasteiger partial charge in [-0.15, -0.1) is 0 Å². The van der Waals surface area contributed by atoms with E-state index in [4.69, 9.17) is 0 Å². The highest BCUT2D eigenvalue weighted by Crippen LogP contribution is 2.41. The molecule has 7 heteroatoms. The molecule has 31 heavy (non-hydrogen) atoms. The monoisotopic (exact) mass is 426 g/mol. The predicted molar refractivity (Wildman–Crippen MR) is 118 cm³/mol. The van der Waals surface area contributed by atoms with Crippen molar-refractivity contribution >= 4 is 17.7 Å². The lowest BCUT2D eigenvalue weighted by molar-refractivity contribution is -0.151. The molecule has 1 aromatic carbocycles. The molecule has 0 saturated carbocycles. The number of piperidine rings is 3. The van der Waals surface area contributed by atoms with Gasteiger partial charge in [0.15, 0.2) is 0 Å². The molecule has 168 valence electrons. The average molecular weight is 427 g/mol. The Morgan fingerprint density at radius 2 is 1.97 bits per heavy atom. The van der Waals surface area contributed by atoms with E-state index in [0.29, 0.717) is 32.0 Å². The summed E-state index contributed by atoms with van der Waals surface area (Å²) in [7, 11) is 4.04. The lowest BCUT2D eigenvalue weighted by Crippen LogP contribution is -2.67. The topological polar surface area (TPSA) is 73.0 Å². The molecule has 1 aromatic rings. The van der Waals surface area contributed by atoms with Crippen LogP contribution in [0.1, 0.15) is 48.5 Å². The maximum Gasteiger partial charge on any atom is 0.253 e. The minimum Gasteiger partial charge on any atom is -0.354 e. The van der Waals surface area contributed by atoms with E-state index in [-0.39, 0.29) is 35.7 Å². The van der Waals surface area contributed by atoms with Crippen molar-refractivity contribution in [1.82, 2.24) is 20.0 Å². The van der Waals surface area contributed by atoms with E-state index in [1.165, 1.54) is 6.92 Å². The standard InChI is InChI=1S/C24H34N4O3/c1-16(29)25-12-22-20-11-19(21-8-5-9-23(30)28(21)22)14-27(15-20)24(31)18-7-4-6-17(10-18)13-26(2)3/h4,6-7,10,19-22H,5,8-9,11-15H2,1-3H3,(H,25,29)/t19-,20+,21+,22+/m1/s1. The van der Waals surface area contributed by atoms with Crippen LogP contribution in [0.25, 0.3) is 0 Å². The second-order valence-electron chi connectivity index (χ2n) is 9.67. The summed E-state index contributed by atoms with van der Waals surface area (Å²) in [6.07, 6.45) is 3.51. The molecule has 3 heterocycles. The Kier molecular flexibility index (Phi) is 6.32. The summed E-state index contributed by atoms with van der Waals surface area (Å²) < 4.78 is 0. The SMILES string of the molecule is CC(=O)NC[C@H]1[C@H]2C[C@H](CN(C(=O)c3cccc(CN(C)C)c3)C2)[C@@H]2CCCC(=O)N21. The molecular formula is C24H34N4O3. The number of nitrogens with zero attached hydrogens (tertiary/aromatic N) is 3. The Balaban J connectivity index is 1.56. The Labute approximate surface area is 184 Å². The molecule has 0 aromatic heterocycles. The highest BCUT2D eigenvalue weighted by Gasteiger charge is 2.50. The van der Waals surface area contributed by atoms with Crippen molar-refractivity contribution in [3.63, 3.8) is 0 Å². The van der Waals surface area contributed by atoms with Gasteiger partial charge in [0.25, 0.3) is 5.91 Å². The molecule has 0 aliphatic carbocycles. The molecule has 4 atom stereocenters. The Hall–Kier alpha value is -2.41. The third-order valence-electron chi connectivity index (χ3n) is 7.02. The number of likely N-dealkylation sites (tertiary alicyclic amines) is 1. The number of rotatable bonds is 5. The highest BCUT2D eigenvalue weighted by atomic mass is 16.2. The van der Waals surface area contributed by atoms with E-state index in [2.05, 4.69) is 21.2 Å². The van der Waals surface area contributed by atoms with Crippen molar-refractivity contribution in [2.75, 3.05) is 33.7 Å². The van der Waals surface area contributed by atoms with Gasteiger partial charge < -0.3 is 20.0 Å². The zero-order chi connectivity index (χ0) is 22.1. The maximum atomic E-state index is 13.4. The number of fused-ring (bicyclic) bond motifs is 4. The first-order valence-corrected chi connectivity index (χ1v) is 11.4. The van der Waals surface area contributed by atoms with Gasteiger partial charge in [0.2, 0.25) is 11.8 Å². The van der Waals surface area contributed by atoms with E-state index in [0.717, 1.165) is 36.9 Å². The van der Waals surface area contributed by atoms with Crippen LogP contribution in [0, 0.1) is 11.8 Å². The van der Waals surface area contributed by atoms with Crippen LogP contribution in [-0.4, -0.2) is 78.2 Å². The Morgan fingerprint density at radius 1 is 1.19 bits per heavy atom. The van der Waals surface area contributed by atoms with Crippen molar-refractivity contribution in [2.45, 2.75) is 51.2 Å². The molecule has 0 spiro atoms. The number of nitrogens with one attached hydrogen (secondary N) is 1. The molecule has 4 rings (SSSR count). The van der Waals surface area contributed by atoms with Crippen molar-refractivity contribution in [1.29, 1.82) is 0 Å². The summed E-state index contributed by atoms with van der Waals surface area (Å²) in [4.78, 5) is 44.0. The van der Waals surface area contributed by atoms with Crippen molar-refractivity contribution in [2.24, 2.45) is 11.8 Å². The Morgan fingerprint density at radius 3 is 2.71 bits per heavy atom. The zero-order valence-corrected chi connectivity index (χ0v) is 18.8. The number of hydrogen-bond donors (Lipinski definition) is 1. The van der Waals surface area contributed by atoms with Gasteiger partial charge in [0, 0.05) is 51.1 Å². The van der Waals surface area contributed by atoms with Crippen LogP contribution in [0.15, 0.2) is 24.3 Å². The molecule has 1 N–H and O–H groups in total. The molecule has 0 radical (unpaired) electrons. The van der Waals surface area contributed by atoms with Gasteiger partial charge in [-0.1, -0.05) is 12.1 Å². The van der Waals surface area contributed by atoms with Crippen LogP contribution in [0.3, 0.4) is 0 Å². The van der Waals surface area contributed by atoms with Gasteiger partial charge in [-0.25, -0.2) is 0 Å². The molecule has 3 aliphatic rings. The molecule has 3 fully saturated rings. The summed E-state index contributed by atoms with van der Waals surface area (Å²) in [6, 6.07) is 8.05. The molecular weight excluding hydrogens is 392 g/mol. The minimum atomic E-state index is -0.0791. The largest absolute Gasteiger partial charge is 0.354 e. The Bertz CT molecular complexity index is 855. The molecule has 3 amide bonds. The van der Waals surface area contributed by atoms with E-state index in [9.17, 15) is 14.4 Å². The van der Waals surface area contributed by atoms with Crippen molar-refractivity contribution in [3.05, 3.63) is 35.4 Å². The minimum absolute atomic E-state index is 0.0337. The van der Waals surface area contributed by atoms with Gasteiger partial charge in [-0.2, -0.15) is 0 Å². The highest BCUT2D eigenvalue weighted by molar-refractivity contribution is 5.94. The summed E-state index contributed by atoms with van der Waals surface area (Å²) in [6.45, 7) is 4.11. The molecule has 3 saturated heterocycles. The lowest BCUT2D eigenvalue weighted by Gasteiger charge is -2.56. The van der Waals surface area contributed by atoms with Gasteiger partial charge in [0.1, 0.15) is 0 Å². The smallest absolute Gasteiger partial charge is 0.253 e. The van der Waals surface area contributed by atoms with E-state index in [1.807, 2.05) is 37.2 Å². The van der Waals surface area contributed by atoms with Gasteiger partial charge in [-0.3, -0.25) is 14.4 Å². The predicted octanol–water partition coefficient (Wildman–Crippen LogP) is 1.73. The van der Waals surface area contributed by atoms with Crippen LogP contribution < -0.4 is 5.32 Å². The van der Waals surface area contributed by atoms with E-state index < -0.39 is 0 Å². The summed E-state index contributed by atoms with van der Waals surface area (Å²) in [5.74, 6) is 0.703. The molecule has 7 nitrogen and oxygen atoms in total. The van der Waals surface area contributed by atoms with E-state index in [1.54, 1.807) is 0 Å². The van der Waals surface area contributed by atoms with Gasteiger partial charge >= 0.3 is 0 Å². The summed E-state index contributed by atoms with van der Waals surface area (Å²) in [5.41, 5.74) is 1.86. The first-order valence-electron chi connectivity index (χ1n) is 11.4.